The fourth-order valence-electron chi connectivity index (χ4n) is 8.95. The van der Waals surface area contributed by atoms with Gasteiger partial charge in [-0.25, -0.2) is 14.8 Å². The predicted octanol–water partition coefficient (Wildman–Crippen LogP) is 7.69. The lowest BCUT2D eigenvalue weighted by Crippen LogP contribution is -2.51. The zero-order valence-corrected chi connectivity index (χ0v) is 31.7. The highest BCUT2D eigenvalue weighted by molar-refractivity contribution is 7.09. The number of hydrogen-bond acceptors (Lipinski definition) is 7. The zero-order valence-electron chi connectivity index (χ0n) is 30.9. The van der Waals surface area contributed by atoms with Crippen molar-refractivity contribution in [1.29, 1.82) is 0 Å². The van der Waals surface area contributed by atoms with Crippen molar-refractivity contribution in [2.24, 2.45) is 23.7 Å². The molecule has 280 valence electrons. The first-order valence-corrected chi connectivity index (χ1v) is 19.9. The summed E-state index contributed by atoms with van der Waals surface area (Å²) in [6.07, 6.45) is 8.16. The Morgan fingerprint density at radius 2 is 1.50 bits per heavy atom. The van der Waals surface area contributed by atoms with Crippen molar-refractivity contribution in [2.45, 2.75) is 70.5 Å². The van der Waals surface area contributed by atoms with E-state index in [4.69, 9.17) is 9.72 Å². The number of aromatic amines is 2. The molecule has 6 atom stereocenters. The molecule has 8 rings (SSSR count). The molecule has 2 saturated carbocycles. The molecule has 5 aromatic rings. The monoisotopic (exact) mass is 745 g/mol. The number of aromatic nitrogens is 4. The number of imidazole rings is 2. The second-order valence-corrected chi connectivity index (χ2v) is 16.3. The van der Waals surface area contributed by atoms with Gasteiger partial charge in [-0.2, -0.15) is 0 Å². The first kappa shape index (κ1) is 35.8. The number of hydrogen-bond donors (Lipinski definition) is 4. The summed E-state index contributed by atoms with van der Waals surface area (Å²) in [7, 11) is 1.30. The van der Waals surface area contributed by atoms with Crippen LogP contribution in [0.25, 0.3) is 33.6 Å². The number of H-pyrrole nitrogens is 2. The quantitative estimate of drug-likeness (QED) is 0.109. The molecule has 12 heteroatoms. The van der Waals surface area contributed by atoms with Gasteiger partial charge in [0.25, 0.3) is 0 Å². The van der Waals surface area contributed by atoms with Crippen molar-refractivity contribution in [2.75, 3.05) is 13.7 Å². The van der Waals surface area contributed by atoms with E-state index >= 15 is 0 Å². The van der Waals surface area contributed by atoms with Gasteiger partial charge in [-0.05, 0) is 83.6 Å². The number of nitrogens with zero attached hydrogens (tertiary/aromatic N) is 3. The Kier molecular flexibility index (Phi) is 10.1. The maximum absolute atomic E-state index is 13.5. The Balaban J connectivity index is 0.920. The number of amides is 3. The topological polar surface area (TPSA) is 145 Å². The molecule has 11 nitrogen and oxygen atoms in total. The summed E-state index contributed by atoms with van der Waals surface area (Å²) in [6.45, 7) is 5.01. The van der Waals surface area contributed by atoms with Crippen LogP contribution in [0.3, 0.4) is 0 Å². The van der Waals surface area contributed by atoms with Crippen LogP contribution in [0.15, 0.2) is 78.4 Å². The van der Waals surface area contributed by atoms with Crippen LogP contribution in [-0.4, -0.2) is 62.4 Å². The molecule has 2 aromatic carbocycles. The van der Waals surface area contributed by atoms with Gasteiger partial charge in [0.2, 0.25) is 11.8 Å². The van der Waals surface area contributed by atoms with Crippen LogP contribution >= 0.6 is 11.3 Å². The van der Waals surface area contributed by atoms with Gasteiger partial charge in [0.15, 0.2) is 0 Å². The number of thiophene rings is 1. The molecule has 2 bridgehead atoms. The molecular weight excluding hydrogens is 699 g/mol. The summed E-state index contributed by atoms with van der Waals surface area (Å²) >= 11 is 1.67. The van der Waals surface area contributed by atoms with Crippen LogP contribution < -0.4 is 10.6 Å². The number of carbonyl (C=O) groups is 3. The first-order chi connectivity index (χ1) is 26.3. The Morgan fingerprint density at radius 1 is 0.870 bits per heavy atom. The Bertz CT molecular complexity index is 2090. The highest BCUT2D eigenvalue weighted by Crippen LogP contribution is 2.56. The van der Waals surface area contributed by atoms with E-state index in [-0.39, 0.29) is 35.6 Å². The molecular formula is C42H47N7O4S. The molecule has 0 radical (unpaired) electrons. The summed E-state index contributed by atoms with van der Waals surface area (Å²) in [5.74, 6) is 2.60. The third kappa shape index (κ3) is 7.06. The van der Waals surface area contributed by atoms with Gasteiger partial charge in [0, 0.05) is 17.3 Å². The number of methoxy groups -OCH3 is 1. The number of carbonyl (C=O) groups excluding carboxylic acids is 3. The molecule has 54 heavy (non-hydrogen) atoms. The third-order valence-electron chi connectivity index (χ3n) is 11.7. The second-order valence-electron chi connectivity index (χ2n) is 15.2. The van der Waals surface area contributed by atoms with E-state index in [1.165, 1.54) is 12.0 Å². The predicted molar refractivity (Wildman–Crippen MR) is 208 cm³/mol. The molecule has 1 aliphatic heterocycles. The fraction of sp³-hybridized carbons (Fsp3) is 0.405. The van der Waals surface area contributed by atoms with E-state index in [0.29, 0.717) is 24.9 Å². The lowest BCUT2D eigenvalue weighted by molar-refractivity contribution is -0.135. The first-order valence-electron chi connectivity index (χ1n) is 19.0. The number of likely N-dealkylation sites (tertiary alicyclic amines) is 1. The van der Waals surface area contributed by atoms with Gasteiger partial charge in [0.1, 0.15) is 17.7 Å². The van der Waals surface area contributed by atoms with Crippen LogP contribution in [-0.2, 0) is 20.9 Å². The van der Waals surface area contributed by atoms with E-state index < -0.39 is 12.1 Å². The van der Waals surface area contributed by atoms with E-state index in [2.05, 4.69) is 80.2 Å². The van der Waals surface area contributed by atoms with Gasteiger partial charge in [0.05, 0.1) is 49.4 Å². The average Bonchev–Trinajstić information content (AvgIpc) is 4.05. The van der Waals surface area contributed by atoms with Crippen molar-refractivity contribution in [1.82, 2.24) is 35.5 Å². The summed E-state index contributed by atoms with van der Waals surface area (Å²) in [6, 6.07) is 20.1. The number of rotatable bonds is 11. The number of ether oxygens (including phenoxy) is 1. The fourth-order valence-corrected chi connectivity index (χ4v) is 9.59. The summed E-state index contributed by atoms with van der Waals surface area (Å²) in [4.78, 5) is 58.5. The van der Waals surface area contributed by atoms with E-state index in [0.717, 1.165) is 77.4 Å². The summed E-state index contributed by atoms with van der Waals surface area (Å²) in [5, 5.41) is 7.96. The largest absolute Gasteiger partial charge is 0.453 e. The minimum atomic E-state index is -0.674. The highest BCUT2D eigenvalue weighted by Gasteiger charge is 2.52. The zero-order chi connectivity index (χ0) is 37.3. The highest BCUT2D eigenvalue weighted by atomic mass is 32.1. The van der Waals surface area contributed by atoms with Crippen molar-refractivity contribution in [3.8, 4) is 33.6 Å². The van der Waals surface area contributed by atoms with Gasteiger partial charge < -0.3 is 30.2 Å². The maximum Gasteiger partial charge on any atom is 0.407 e. The molecule has 1 saturated heterocycles. The van der Waals surface area contributed by atoms with Crippen molar-refractivity contribution < 1.29 is 19.1 Å². The van der Waals surface area contributed by atoms with E-state index in [1.807, 2.05) is 42.6 Å². The van der Waals surface area contributed by atoms with Crippen molar-refractivity contribution >= 4 is 29.2 Å². The number of nitrogens with one attached hydrogen (secondary N) is 4. The molecule has 3 amide bonds. The van der Waals surface area contributed by atoms with Crippen LogP contribution in [0.5, 0.6) is 0 Å². The van der Waals surface area contributed by atoms with E-state index in [9.17, 15) is 14.4 Å². The third-order valence-corrected chi connectivity index (χ3v) is 12.6. The van der Waals surface area contributed by atoms with Crippen molar-refractivity contribution in [3.05, 3.63) is 95.0 Å². The number of alkyl carbamates (subject to hydrolysis) is 1. The SMILES string of the molecule is COC(=O)N[C@H](C(=O)N1CCC[C@H]1c1ncc(-c2ccc(-c3ccc(-c4cnc(C5C6CCC(C6)C5C(=O)NCc5cccs5)[nH]4)cc3)cc2)[nH]1)C(C)C. The molecule has 3 aromatic heterocycles. The molecule has 4 heterocycles. The number of benzene rings is 2. The second kappa shape index (κ2) is 15.3. The molecule has 3 aliphatic rings. The summed E-state index contributed by atoms with van der Waals surface area (Å²) in [5.41, 5.74) is 6.10. The smallest absolute Gasteiger partial charge is 0.407 e. The standard InChI is InChI=1S/C42H47N7O4S/c1-24(2)37(48-42(52)53-3)41(51)49-18-4-7-34(49)38-43-22-32(46-38)27-12-8-25(9-13-27)26-10-14-28(15-11-26)33-23-44-39(47-33)35-29-16-17-30(20-29)36(35)40(50)45-21-31-6-5-19-54-31/h5-6,8-15,19,22-24,29-30,34-37H,4,7,16-18,20-21H2,1-3H3,(H,43,46)(H,44,47)(H,45,50)(H,48,52)/t29?,30?,34-,35?,36?,37-/m0/s1. The van der Waals surface area contributed by atoms with Gasteiger partial charge in [-0.1, -0.05) is 68.4 Å². The lowest BCUT2D eigenvalue weighted by atomic mass is 9.78. The van der Waals surface area contributed by atoms with Gasteiger partial charge in [-0.3, -0.25) is 9.59 Å². The van der Waals surface area contributed by atoms with Gasteiger partial charge in [-0.15, -0.1) is 11.3 Å². The normalized spacial score (nSPS) is 22.4. The molecule has 2 aliphatic carbocycles. The van der Waals surface area contributed by atoms with Crippen LogP contribution in [0.2, 0.25) is 0 Å². The lowest BCUT2D eigenvalue weighted by Gasteiger charge is -2.30. The average molecular weight is 746 g/mol. The Labute approximate surface area is 319 Å². The molecule has 4 N–H and O–H groups in total. The molecule has 0 spiro atoms. The Hall–Kier alpha value is -5.23. The Morgan fingerprint density at radius 3 is 2.13 bits per heavy atom. The number of fused-ring (bicyclic) bond motifs is 2. The molecule has 3 fully saturated rings. The minimum Gasteiger partial charge on any atom is -0.453 e. The van der Waals surface area contributed by atoms with Crippen LogP contribution in [0.4, 0.5) is 4.79 Å². The maximum atomic E-state index is 13.5. The van der Waals surface area contributed by atoms with E-state index in [1.54, 1.807) is 11.3 Å². The van der Waals surface area contributed by atoms with Gasteiger partial charge >= 0.3 is 6.09 Å². The summed E-state index contributed by atoms with van der Waals surface area (Å²) < 4.78 is 4.76. The molecule has 4 unspecified atom stereocenters. The van der Waals surface area contributed by atoms with Crippen molar-refractivity contribution in [3.63, 3.8) is 0 Å². The minimum absolute atomic E-state index is 0.0395. The van der Waals surface area contributed by atoms with Crippen LogP contribution in [0, 0.1) is 23.7 Å². The van der Waals surface area contributed by atoms with Crippen LogP contribution in [0.1, 0.15) is 74.4 Å².